The summed E-state index contributed by atoms with van der Waals surface area (Å²) in [5, 5.41) is 5.23. The van der Waals surface area contributed by atoms with Gasteiger partial charge in [0, 0.05) is 13.6 Å². The highest BCUT2D eigenvalue weighted by molar-refractivity contribution is 5.73. The van der Waals surface area contributed by atoms with Crippen molar-refractivity contribution >= 4 is 6.03 Å². The number of benzene rings is 1. The largest absolute Gasteiger partial charge is 0.341 e. The first-order valence-corrected chi connectivity index (χ1v) is 4.23. The molecule has 70 valence electrons. The Morgan fingerprint density at radius 3 is 2.85 bits per heavy atom. The molecule has 3 heteroatoms. The first-order chi connectivity index (χ1) is 6.22. The summed E-state index contributed by atoms with van der Waals surface area (Å²) in [6, 6.07) is 7.90. The summed E-state index contributed by atoms with van der Waals surface area (Å²) in [7, 11) is 1.60. The van der Waals surface area contributed by atoms with Gasteiger partial charge in [0.05, 0.1) is 0 Å². The smallest absolute Gasteiger partial charge is 0.314 e. The lowest BCUT2D eigenvalue weighted by atomic mass is 10.1. The van der Waals surface area contributed by atoms with Crippen LogP contribution in [0, 0.1) is 6.92 Å². The minimum Gasteiger partial charge on any atom is -0.341 e. The Bertz CT molecular complexity index is 297. The summed E-state index contributed by atoms with van der Waals surface area (Å²) < 4.78 is 0. The van der Waals surface area contributed by atoms with Crippen molar-refractivity contribution < 1.29 is 4.79 Å². The summed E-state index contributed by atoms with van der Waals surface area (Å²) in [5.41, 5.74) is 2.32. The van der Waals surface area contributed by atoms with Gasteiger partial charge in [-0.3, -0.25) is 0 Å². The number of nitrogens with one attached hydrogen (secondary N) is 2. The number of rotatable bonds is 2. The van der Waals surface area contributed by atoms with Gasteiger partial charge in [0.25, 0.3) is 0 Å². The average Bonchev–Trinajstić information content (AvgIpc) is 2.14. The van der Waals surface area contributed by atoms with E-state index in [4.69, 9.17) is 0 Å². The molecule has 2 N–H and O–H groups in total. The van der Waals surface area contributed by atoms with E-state index in [0.717, 1.165) is 5.56 Å². The fraction of sp³-hybridized carbons (Fsp3) is 0.300. The van der Waals surface area contributed by atoms with Crippen LogP contribution in [0.1, 0.15) is 11.1 Å². The zero-order valence-electron chi connectivity index (χ0n) is 7.92. The standard InChI is InChI=1S/C10H14N2O/c1-8-4-3-5-9(6-8)7-12-10(13)11-2/h3-6H,7H2,1-2H3,(H2,11,12,13). The van der Waals surface area contributed by atoms with E-state index < -0.39 is 0 Å². The lowest BCUT2D eigenvalue weighted by Crippen LogP contribution is -2.32. The summed E-state index contributed by atoms with van der Waals surface area (Å²) in [6.07, 6.45) is 0. The van der Waals surface area contributed by atoms with Crippen LogP contribution in [0.15, 0.2) is 24.3 Å². The summed E-state index contributed by atoms with van der Waals surface area (Å²) in [6.45, 7) is 2.60. The summed E-state index contributed by atoms with van der Waals surface area (Å²) in [5.74, 6) is 0. The minimum absolute atomic E-state index is 0.151. The maximum absolute atomic E-state index is 10.8. The van der Waals surface area contributed by atoms with Crippen molar-refractivity contribution in [3.05, 3.63) is 35.4 Å². The van der Waals surface area contributed by atoms with E-state index in [1.54, 1.807) is 7.05 Å². The van der Waals surface area contributed by atoms with E-state index in [2.05, 4.69) is 16.7 Å². The number of aryl methyl sites for hydroxylation is 1. The van der Waals surface area contributed by atoms with Gasteiger partial charge in [0.2, 0.25) is 0 Å². The molecule has 0 atom stereocenters. The van der Waals surface area contributed by atoms with Gasteiger partial charge in [0.15, 0.2) is 0 Å². The molecule has 13 heavy (non-hydrogen) atoms. The molecular formula is C10H14N2O. The third-order valence-corrected chi connectivity index (χ3v) is 1.76. The molecule has 0 aliphatic carbocycles. The van der Waals surface area contributed by atoms with E-state index in [1.165, 1.54) is 5.56 Å². The van der Waals surface area contributed by atoms with E-state index in [1.807, 2.05) is 25.1 Å². The Morgan fingerprint density at radius 1 is 1.46 bits per heavy atom. The highest BCUT2D eigenvalue weighted by Crippen LogP contribution is 2.02. The van der Waals surface area contributed by atoms with Crippen LogP contribution < -0.4 is 10.6 Å². The number of carbonyl (C=O) groups is 1. The number of hydrogen-bond acceptors (Lipinski definition) is 1. The molecule has 0 spiro atoms. The van der Waals surface area contributed by atoms with Gasteiger partial charge in [-0.05, 0) is 12.5 Å². The first kappa shape index (κ1) is 9.58. The third kappa shape index (κ3) is 3.15. The van der Waals surface area contributed by atoms with Crippen molar-refractivity contribution in [1.29, 1.82) is 0 Å². The highest BCUT2D eigenvalue weighted by Gasteiger charge is 1.96. The second kappa shape index (κ2) is 4.50. The van der Waals surface area contributed by atoms with Crippen molar-refractivity contribution in [3.8, 4) is 0 Å². The molecule has 0 radical (unpaired) electrons. The fourth-order valence-electron chi connectivity index (χ4n) is 1.09. The molecule has 2 amide bonds. The Labute approximate surface area is 78.2 Å². The number of carbonyl (C=O) groups excluding carboxylic acids is 1. The molecule has 0 aliphatic rings. The van der Waals surface area contributed by atoms with E-state index >= 15 is 0 Å². The quantitative estimate of drug-likeness (QED) is 0.706. The van der Waals surface area contributed by atoms with Crippen LogP contribution in [0.3, 0.4) is 0 Å². The number of urea groups is 1. The average molecular weight is 178 g/mol. The maximum Gasteiger partial charge on any atom is 0.314 e. The first-order valence-electron chi connectivity index (χ1n) is 4.23. The fourth-order valence-corrected chi connectivity index (χ4v) is 1.09. The van der Waals surface area contributed by atoms with E-state index in [0.29, 0.717) is 6.54 Å². The van der Waals surface area contributed by atoms with Crippen molar-refractivity contribution in [3.63, 3.8) is 0 Å². The molecule has 3 nitrogen and oxygen atoms in total. The molecule has 0 aliphatic heterocycles. The predicted molar refractivity (Wildman–Crippen MR) is 52.5 cm³/mol. The molecule has 1 aromatic rings. The van der Waals surface area contributed by atoms with Crippen LogP contribution >= 0.6 is 0 Å². The molecular weight excluding hydrogens is 164 g/mol. The summed E-state index contributed by atoms with van der Waals surface area (Å²) in [4.78, 5) is 10.8. The highest BCUT2D eigenvalue weighted by atomic mass is 16.2. The zero-order valence-corrected chi connectivity index (χ0v) is 7.92. The monoisotopic (exact) mass is 178 g/mol. The minimum atomic E-state index is -0.151. The van der Waals surface area contributed by atoms with Crippen LogP contribution in [0.4, 0.5) is 4.79 Å². The lowest BCUT2D eigenvalue weighted by Gasteiger charge is -2.04. The van der Waals surface area contributed by atoms with Crippen LogP contribution in [0.25, 0.3) is 0 Å². The third-order valence-electron chi connectivity index (χ3n) is 1.76. The van der Waals surface area contributed by atoms with Crippen molar-refractivity contribution in [1.82, 2.24) is 10.6 Å². The molecule has 0 unspecified atom stereocenters. The van der Waals surface area contributed by atoms with Crippen molar-refractivity contribution in [2.24, 2.45) is 0 Å². The van der Waals surface area contributed by atoms with Gasteiger partial charge in [-0.25, -0.2) is 4.79 Å². The van der Waals surface area contributed by atoms with E-state index in [9.17, 15) is 4.79 Å². The molecule has 1 rings (SSSR count). The van der Waals surface area contributed by atoms with Gasteiger partial charge < -0.3 is 10.6 Å². The van der Waals surface area contributed by atoms with Crippen LogP contribution in [0.2, 0.25) is 0 Å². The molecule has 0 fully saturated rings. The summed E-state index contributed by atoms with van der Waals surface area (Å²) >= 11 is 0. The molecule has 0 heterocycles. The molecule has 0 saturated heterocycles. The van der Waals surface area contributed by atoms with Crippen LogP contribution in [0.5, 0.6) is 0 Å². The molecule has 0 saturated carbocycles. The van der Waals surface area contributed by atoms with Crippen LogP contribution in [-0.2, 0) is 6.54 Å². The van der Waals surface area contributed by atoms with E-state index in [-0.39, 0.29) is 6.03 Å². The zero-order chi connectivity index (χ0) is 9.68. The second-order valence-electron chi connectivity index (χ2n) is 2.92. The van der Waals surface area contributed by atoms with Gasteiger partial charge in [-0.15, -0.1) is 0 Å². The van der Waals surface area contributed by atoms with Crippen molar-refractivity contribution in [2.45, 2.75) is 13.5 Å². The Hall–Kier alpha value is -1.51. The van der Waals surface area contributed by atoms with Gasteiger partial charge in [-0.1, -0.05) is 29.8 Å². The Balaban J connectivity index is 2.50. The maximum atomic E-state index is 10.8. The van der Waals surface area contributed by atoms with Gasteiger partial charge in [-0.2, -0.15) is 0 Å². The topological polar surface area (TPSA) is 41.1 Å². The Morgan fingerprint density at radius 2 is 2.23 bits per heavy atom. The van der Waals surface area contributed by atoms with Gasteiger partial charge in [0.1, 0.15) is 0 Å². The predicted octanol–water partition coefficient (Wildman–Crippen LogP) is 1.42. The molecule has 0 aromatic heterocycles. The Kier molecular flexibility index (Phi) is 3.31. The van der Waals surface area contributed by atoms with Crippen LogP contribution in [-0.4, -0.2) is 13.1 Å². The lowest BCUT2D eigenvalue weighted by molar-refractivity contribution is 0.242. The second-order valence-corrected chi connectivity index (χ2v) is 2.92. The van der Waals surface area contributed by atoms with Crippen molar-refractivity contribution in [2.75, 3.05) is 7.05 Å². The number of amides is 2. The molecule has 1 aromatic carbocycles. The van der Waals surface area contributed by atoms with Gasteiger partial charge >= 0.3 is 6.03 Å². The number of hydrogen-bond donors (Lipinski definition) is 2. The SMILES string of the molecule is CNC(=O)NCc1cccc(C)c1. The molecule has 0 bridgehead atoms. The normalized spacial score (nSPS) is 9.38.